The van der Waals surface area contributed by atoms with Crippen LogP contribution in [0.4, 0.5) is 0 Å². The summed E-state index contributed by atoms with van der Waals surface area (Å²) < 4.78 is 3.29. The summed E-state index contributed by atoms with van der Waals surface area (Å²) in [7, 11) is 1.82. The molecular formula is C12H13N3O. The fraction of sp³-hybridized carbons (Fsp3) is 0.167. The molecule has 0 saturated carbocycles. The van der Waals surface area contributed by atoms with E-state index in [9.17, 15) is 4.79 Å². The molecule has 0 spiro atoms. The van der Waals surface area contributed by atoms with Crippen LogP contribution in [-0.2, 0) is 13.5 Å². The molecule has 0 aromatic carbocycles. The lowest BCUT2D eigenvalue weighted by Gasteiger charge is -2.06. The average molecular weight is 215 g/mol. The number of pyridine rings is 1. The minimum absolute atomic E-state index is 0.0548. The second kappa shape index (κ2) is 4.18. The fourth-order valence-corrected chi connectivity index (χ4v) is 1.58. The molecule has 0 saturated heterocycles. The van der Waals surface area contributed by atoms with Gasteiger partial charge in [0.15, 0.2) is 0 Å². The van der Waals surface area contributed by atoms with E-state index in [2.05, 4.69) is 11.6 Å². The fourth-order valence-electron chi connectivity index (χ4n) is 1.58. The van der Waals surface area contributed by atoms with Crippen molar-refractivity contribution in [3.8, 4) is 5.69 Å². The molecule has 0 unspecified atom stereocenters. The monoisotopic (exact) mass is 215 g/mol. The van der Waals surface area contributed by atoms with Gasteiger partial charge in [-0.1, -0.05) is 6.08 Å². The molecule has 0 bridgehead atoms. The van der Waals surface area contributed by atoms with Gasteiger partial charge >= 0.3 is 0 Å². The molecule has 0 aliphatic rings. The molecule has 16 heavy (non-hydrogen) atoms. The first-order valence-electron chi connectivity index (χ1n) is 5.03. The largest absolute Gasteiger partial charge is 0.288 e. The molecule has 0 fully saturated rings. The minimum Gasteiger partial charge on any atom is -0.288 e. The van der Waals surface area contributed by atoms with Gasteiger partial charge in [0.05, 0.1) is 11.9 Å². The number of rotatable bonds is 3. The van der Waals surface area contributed by atoms with E-state index in [1.165, 1.54) is 6.07 Å². The first-order chi connectivity index (χ1) is 7.72. The van der Waals surface area contributed by atoms with Gasteiger partial charge in [0.25, 0.3) is 5.56 Å². The van der Waals surface area contributed by atoms with Crippen LogP contribution in [0.3, 0.4) is 0 Å². The molecule has 0 aliphatic heterocycles. The number of nitrogens with zero attached hydrogens (tertiary/aromatic N) is 3. The summed E-state index contributed by atoms with van der Waals surface area (Å²) in [5.41, 5.74) is 1.66. The first-order valence-corrected chi connectivity index (χ1v) is 5.03. The van der Waals surface area contributed by atoms with Gasteiger partial charge in [0.1, 0.15) is 0 Å². The van der Waals surface area contributed by atoms with Gasteiger partial charge in [-0.05, 0) is 12.1 Å². The van der Waals surface area contributed by atoms with Crippen LogP contribution in [0.2, 0.25) is 0 Å². The predicted molar refractivity (Wildman–Crippen MR) is 62.7 cm³/mol. The maximum absolute atomic E-state index is 11.5. The van der Waals surface area contributed by atoms with Crippen LogP contribution >= 0.6 is 0 Å². The summed E-state index contributed by atoms with van der Waals surface area (Å²) in [6, 6.07) is 5.31. The van der Waals surface area contributed by atoms with E-state index in [1.54, 1.807) is 27.8 Å². The van der Waals surface area contributed by atoms with E-state index in [4.69, 9.17) is 0 Å². The van der Waals surface area contributed by atoms with Gasteiger partial charge in [-0.15, -0.1) is 6.58 Å². The Bertz CT molecular complexity index is 548. The molecule has 4 heteroatoms. The Balaban J connectivity index is 2.42. The molecule has 2 aromatic rings. The molecule has 2 heterocycles. The van der Waals surface area contributed by atoms with Crippen LogP contribution in [0.5, 0.6) is 0 Å². The lowest BCUT2D eigenvalue weighted by atomic mass is 10.2. The van der Waals surface area contributed by atoms with Crippen molar-refractivity contribution in [3.05, 3.63) is 59.3 Å². The zero-order valence-corrected chi connectivity index (χ0v) is 9.13. The Morgan fingerprint density at radius 1 is 1.44 bits per heavy atom. The first kappa shape index (κ1) is 10.4. The lowest BCUT2D eigenvalue weighted by Crippen LogP contribution is -2.18. The van der Waals surface area contributed by atoms with Crippen LogP contribution in [-0.4, -0.2) is 14.3 Å². The standard InChI is InChI=1S/C12H13N3O/c1-3-4-10-5-6-11(9-13-10)15-12(16)7-8-14(15)2/h3,5-9H,1,4H2,2H3. The Hall–Kier alpha value is -2.10. The Kier molecular flexibility index (Phi) is 2.72. The van der Waals surface area contributed by atoms with Crippen LogP contribution in [0, 0.1) is 0 Å². The summed E-state index contributed by atoms with van der Waals surface area (Å²) in [6.07, 6.45) is 5.96. The van der Waals surface area contributed by atoms with E-state index in [0.717, 1.165) is 17.8 Å². The maximum Gasteiger partial charge on any atom is 0.271 e. The zero-order chi connectivity index (χ0) is 11.5. The number of aryl methyl sites for hydroxylation is 1. The SMILES string of the molecule is C=CCc1ccc(-n2c(=O)ccn2C)cn1. The van der Waals surface area contributed by atoms with Crippen molar-refractivity contribution in [1.82, 2.24) is 14.3 Å². The number of hydrogen-bond donors (Lipinski definition) is 0. The van der Waals surface area contributed by atoms with Gasteiger partial charge in [-0.2, -0.15) is 0 Å². The Labute approximate surface area is 93.5 Å². The van der Waals surface area contributed by atoms with Crippen molar-refractivity contribution in [2.75, 3.05) is 0 Å². The van der Waals surface area contributed by atoms with Gasteiger partial charge in [-0.3, -0.25) is 14.5 Å². The van der Waals surface area contributed by atoms with E-state index in [1.807, 2.05) is 19.2 Å². The third-order valence-electron chi connectivity index (χ3n) is 2.36. The van der Waals surface area contributed by atoms with Crippen molar-refractivity contribution >= 4 is 0 Å². The van der Waals surface area contributed by atoms with E-state index >= 15 is 0 Å². The number of hydrogen-bond acceptors (Lipinski definition) is 2. The summed E-state index contributed by atoms with van der Waals surface area (Å²) in [4.78, 5) is 15.8. The zero-order valence-electron chi connectivity index (χ0n) is 9.13. The molecule has 2 aromatic heterocycles. The minimum atomic E-state index is -0.0548. The van der Waals surface area contributed by atoms with Crippen LogP contribution in [0.25, 0.3) is 5.69 Å². The highest BCUT2D eigenvalue weighted by molar-refractivity contribution is 5.29. The van der Waals surface area contributed by atoms with Crippen LogP contribution in [0.15, 0.2) is 48.0 Å². The Morgan fingerprint density at radius 3 is 2.75 bits per heavy atom. The van der Waals surface area contributed by atoms with Crippen molar-refractivity contribution < 1.29 is 0 Å². The smallest absolute Gasteiger partial charge is 0.271 e. The van der Waals surface area contributed by atoms with E-state index in [-0.39, 0.29) is 5.56 Å². The number of allylic oxidation sites excluding steroid dienone is 1. The van der Waals surface area contributed by atoms with Crippen molar-refractivity contribution in [2.24, 2.45) is 7.05 Å². The molecule has 4 nitrogen and oxygen atoms in total. The van der Waals surface area contributed by atoms with Gasteiger partial charge in [-0.25, -0.2) is 4.68 Å². The average Bonchev–Trinajstić information content (AvgIpc) is 2.61. The molecular weight excluding hydrogens is 202 g/mol. The van der Waals surface area contributed by atoms with E-state index in [0.29, 0.717) is 0 Å². The van der Waals surface area contributed by atoms with Crippen molar-refractivity contribution in [1.29, 1.82) is 0 Å². The topological polar surface area (TPSA) is 39.8 Å². The molecule has 0 atom stereocenters. The highest BCUT2D eigenvalue weighted by atomic mass is 16.1. The third-order valence-corrected chi connectivity index (χ3v) is 2.36. The summed E-state index contributed by atoms with van der Waals surface area (Å²) >= 11 is 0. The molecule has 0 amide bonds. The highest BCUT2D eigenvalue weighted by Crippen LogP contribution is 2.05. The molecule has 82 valence electrons. The predicted octanol–water partition coefficient (Wildman–Crippen LogP) is 1.30. The van der Waals surface area contributed by atoms with Gasteiger partial charge in [0, 0.05) is 31.4 Å². The summed E-state index contributed by atoms with van der Waals surface area (Å²) in [5, 5.41) is 0. The van der Waals surface area contributed by atoms with E-state index < -0.39 is 0 Å². The molecule has 0 N–H and O–H groups in total. The van der Waals surface area contributed by atoms with Crippen molar-refractivity contribution in [2.45, 2.75) is 6.42 Å². The quantitative estimate of drug-likeness (QED) is 0.724. The second-order valence-corrected chi connectivity index (χ2v) is 3.54. The normalized spacial score (nSPS) is 10.3. The summed E-state index contributed by atoms with van der Waals surface area (Å²) in [5.74, 6) is 0. The Morgan fingerprint density at radius 2 is 2.25 bits per heavy atom. The molecule has 0 radical (unpaired) electrons. The summed E-state index contributed by atoms with van der Waals surface area (Å²) in [6.45, 7) is 3.66. The third kappa shape index (κ3) is 1.82. The molecule has 0 aliphatic carbocycles. The van der Waals surface area contributed by atoms with Crippen LogP contribution < -0.4 is 5.56 Å². The van der Waals surface area contributed by atoms with Gasteiger partial charge in [0.2, 0.25) is 0 Å². The highest BCUT2D eigenvalue weighted by Gasteiger charge is 2.03. The van der Waals surface area contributed by atoms with Crippen molar-refractivity contribution in [3.63, 3.8) is 0 Å². The number of aromatic nitrogens is 3. The van der Waals surface area contributed by atoms with Gasteiger partial charge < -0.3 is 0 Å². The maximum atomic E-state index is 11.5. The second-order valence-electron chi connectivity index (χ2n) is 3.54. The lowest BCUT2D eigenvalue weighted by molar-refractivity contribution is 0.644. The molecule has 2 rings (SSSR count). The van der Waals surface area contributed by atoms with Crippen LogP contribution in [0.1, 0.15) is 5.69 Å².